The average Bonchev–Trinajstić information content (AvgIpc) is 2.37. The Balaban J connectivity index is 2.44. The standard InChI is InChI=1S/C17H16F3NO/c1-17(2,3)12-6-4-5-10(16(12)22)9-21-15-13(19)7-11(18)8-14(15)20/h4-9,22H,1-3H3. The summed E-state index contributed by atoms with van der Waals surface area (Å²) in [5.74, 6) is -3.20. The molecule has 5 heteroatoms. The van der Waals surface area contributed by atoms with Gasteiger partial charge in [-0.1, -0.05) is 32.9 Å². The molecule has 0 heterocycles. The monoisotopic (exact) mass is 307 g/mol. The highest BCUT2D eigenvalue weighted by Gasteiger charge is 2.19. The van der Waals surface area contributed by atoms with Gasteiger partial charge in [0, 0.05) is 23.9 Å². The van der Waals surface area contributed by atoms with Crippen LogP contribution in [0.15, 0.2) is 35.3 Å². The number of hydrogen-bond acceptors (Lipinski definition) is 2. The Labute approximate surface area is 126 Å². The van der Waals surface area contributed by atoms with Gasteiger partial charge in [0.15, 0.2) is 11.6 Å². The van der Waals surface area contributed by atoms with Crippen molar-refractivity contribution >= 4 is 11.9 Å². The molecule has 0 unspecified atom stereocenters. The maximum atomic E-state index is 13.5. The Morgan fingerprint density at radius 1 is 1.05 bits per heavy atom. The van der Waals surface area contributed by atoms with Crippen LogP contribution in [0.25, 0.3) is 0 Å². The SMILES string of the molecule is CC(C)(C)c1cccc(C=Nc2c(F)cc(F)cc2F)c1O. The second kappa shape index (κ2) is 5.83. The van der Waals surface area contributed by atoms with Crippen LogP contribution in [0.4, 0.5) is 18.9 Å². The smallest absolute Gasteiger partial charge is 0.154 e. The Morgan fingerprint density at radius 2 is 1.64 bits per heavy atom. The number of rotatable bonds is 2. The highest BCUT2D eigenvalue weighted by molar-refractivity contribution is 5.86. The van der Waals surface area contributed by atoms with Crippen molar-refractivity contribution in [3.8, 4) is 5.75 Å². The molecule has 0 fully saturated rings. The van der Waals surface area contributed by atoms with E-state index < -0.39 is 23.1 Å². The number of nitrogens with zero attached hydrogens (tertiary/aromatic N) is 1. The zero-order chi connectivity index (χ0) is 16.5. The molecule has 0 aliphatic carbocycles. The topological polar surface area (TPSA) is 32.6 Å². The summed E-state index contributed by atoms with van der Waals surface area (Å²) < 4.78 is 39.9. The lowest BCUT2D eigenvalue weighted by Crippen LogP contribution is -2.11. The molecular formula is C17H16F3NO. The van der Waals surface area contributed by atoms with Crippen LogP contribution in [0.3, 0.4) is 0 Å². The van der Waals surface area contributed by atoms with E-state index in [-0.39, 0.29) is 11.2 Å². The summed E-state index contributed by atoms with van der Waals surface area (Å²) in [6, 6.07) is 6.18. The first-order valence-corrected chi connectivity index (χ1v) is 6.71. The van der Waals surface area contributed by atoms with Crippen LogP contribution in [0, 0.1) is 17.5 Å². The second-order valence-electron chi connectivity index (χ2n) is 5.97. The third-order valence-corrected chi connectivity index (χ3v) is 3.19. The van der Waals surface area contributed by atoms with Crippen molar-refractivity contribution in [3.63, 3.8) is 0 Å². The summed E-state index contributed by atoms with van der Waals surface area (Å²) in [5, 5.41) is 10.2. The van der Waals surface area contributed by atoms with Crippen LogP contribution >= 0.6 is 0 Å². The van der Waals surface area contributed by atoms with Gasteiger partial charge in [-0.05, 0) is 17.0 Å². The Bertz CT molecular complexity index is 710. The fourth-order valence-electron chi connectivity index (χ4n) is 2.06. The third kappa shape index (κ3) is 3.30. The molecule has 0 atom stereocenters. The van der Waals surface area contributed by atoms with Crippen molar-refractivity contribution < 1.29 is 18.3 Å². The van der Waals surface area contributed by atoms with Gasteiger partial charge in [-0.2, -0.15) is 0 Å². The third-order valence-electron chi connectivity index (χ3n) is 3.19. The molecule has 0 spiro atoms. The predicted octanol–water partition coefficient (Wildman–Crippen LogP) is 4.86. The number of phenolic OH excluding ortho intramolecular Hbond substituents is 1. The van der Waals surface area contributed by atoms with Crippen molar-refractivity contribution in [2.24, 2.45) is 4.99 Å². The zero-order valence-corrected chi connectivity index (χ0v) is 12.5. The fraction of sp³-hybridized carbons (Fsp3) is 0.235. The van der Waals surface area contributed by atoms with Gasteiger partial charge in [0.25, 0.3) is 0 Å². The van der Waals surface area contributed by atoms with Crippen LogP contribution in [0.2, 0.25) is 0 Å². The number of aliphatic imine (C=N–C) groups is 1. The molecule has 0 bridgehead atoms. The molecule has 0 aromatic heterocycles. The molecule has 0 saturated heterocycles. The number of benzene rings is 2. The number of phenols is 1. The van der Waals surface area contributed by atoms with Gasteiger partial charge in [0.2, 0.25) is 0 Å². The number of para-hydroxylation sites is 1. The molecule has 116 valence electrons. The van der Waals surface area contributed by atoms with Crippen LogP contribution in [-0.2, 0) is 5.41 Å². The van der Waals surface area contributed by atoms with Crippen LogP contribution in [0.1, 0.15) is 31.9 Å². The molecule has 2 rings (SSSR count). The van der Waals surface area contributed by atoms with E-state index in [1.165, 1.54) is 0 Å². The summed E-state index contributed by atoms with van der Waals surface area (Å²) in [6.45, 7) is 5.80. The zero-order valence-electron chi connectivity index (χ0n) is 12.5. The molecule has 0 saturated carbocycles. The maximum absolute atomic E-state index is 13.5. The van der Waals surface area contributed by atoms with Crippen molar-refractivity contribution in [2.75, 3.05) is 0 Å². The molecule has 2 aromatic rings. The van der Waals surface area contributed by atoms with Crippen LogP contribution in [-0.4, -0.2) is 11.3 Å². The maximum Gasteiger partial charge on any atom is 0.154 e. The second-order valence-corrected chi connectivity index (χ2v) is 5.97. The van der Waals surface area contributed by atoms with Gasteiger partial charge in [-0.15, -0.1) is 0 Å². The van der Waals surface area contributed by atoms with Crippen LogP contribution < -0.4 is 0 Å². The highest BCUT2D eigenvalue weighted by Crippen LogP contribution is 2.32. The molecule has 2 aromatic carbocycles. The Hall–Kier alpha value is -2.30. The summed E-state index contributed by atoms with van der Waals surface area (Å²) in [6.07, 6.45) is 1.16. The average molecular weight is 307 g/mol. The minimum Gasteiger partial charge on any atom is -0.507 e. The van der Waals surface area contributed by atoms with E-state index in [4.69, 9.17) is 0 Å². The first-order valence-electron chi connectivity index (χ1n) is 6.71. The first kappa shape index (κ1) is 16.1. The van der Waals surface area contributed by atoms with Gasteiger partial charge in [0.1, 0.15) is 17.3 Å². The Morgan fingerprint density at radius 3 is 2.18 bits per heavy atom. The molecule has 0 aliphatic heterocycles. The highest BCUT2D eigenvalue weighted by atomic mass is 19.1. The molecular weight excluding hydrogens is 291 g/mol. The lowest BCUT2D eigenvalue weighted by Gasteiger charge is -2.21. The van der Waals surface area contributed by atoms with E-state index in [0.29, 0.717) is 23.3 Å². The van der Waals surface area contributed by atoms with Crippen LogP contribution in [0.5, 0.6) is 5.75 Å². The minimum absolute atomic E-state index is 0.00155. The summed E-state index contributed by atoms with van der Waals surface area (Å²) >= 11 is 0. The van der Waals surface area contributed by atoms with Gasteiger partial charge >= 0.3 is 0 Å². The van der Waals surface area contributed by atoms with Gasteiger partial charge in [-0.25, -0.2) is 18.2 Å². The lowest BCUT2D eigenvalue weighted by molar-refractivity contribution is 0.446. The van der Waals surface area contributed by atoms with E-state index in [2.05, 4.69) is 4.99 Å². The number of aromatic hydroxyl groups is 1. The summed E-state index contributed by atoms with van der Waals surface area (Å²) in [5.41, 5.74) is 0.134. The van der Waals surface area contributed by atoms with E-state index in [1.807, 2.05) is 20.8 Å². The molecule has 22 heavy (non-hydrogen) atoms. The minimum atomic E-state index is -1.10. The van der Waals surface area contributed by atoms with E-state index in [1.54, 1.807) is 18.2 Å². The molecule has 0 aliphatic rings. The Kier molecular flexibility index (Phi) is 4.26. The molecule has 1 N–H and O–H groups in total. The number of halogens is 3. The lowest BCUT2D eigenvalue weighted by atomic mass is 9.85. The normalized spacial score (nSPS) is 12.1. The largest absolute Gasteiger partial charge is 0.507 e. The molecule has 2 nitrogen and oxygen atoms in total. The van der Waals surface area contributed by atoms with E-state index >= 15 is 0 Å². The quantitative estimate of drug-likeness (QED) is 0.790. The summed E-state index contributed by atoms with van der Waals surface area (Å²) in [7, 11) is 0. The van der Waals surface area contributed by atoms with Crippen molar-refractivity contribution in [2.45, 2.75) is 26.2 Å². The summed E-state index contributed by atoms with van der Waals surface area (Å²) in [4.78, 5) is 3.70. The van der Waals surface area contributed by atoms with Gasteiger partial charge in [0.05, 0.1) is 0 Å². The van der Waals surface area contributed by atoms with Gasteiger partial charge < -0.3 is 5.11 Å². The number of hydrogen-bond donors (Lipinski definition) is 1. The first-order chi connectivity index (χ1) is 10.2. The molecule has 0 amide bonds. The van der Waals surface area contributed by atoms with Crippen molar-refractivity contribution in [1.29, 1.82) is 0 Å². The fourth-order valence-corrected chi connectivity index (χ4v) is 2.06. The molecule has 0 radical (unpaired) electrons. The van der Waals surface area contributed by atoms with Gasteiger partial charge in [-0.3, -0.25) is 0 Å². The van der Waals surface area contributed by atoms with E-state index in [9.17, 15) is 18.3 Å². The van der Waals surface area contributed by atoms with Crippen molar-refractivity contribution in [3.05, 3.63) is 58.9 Å². The van der Waals surface area contributed by atoms with Crippen molar-refractivity contribution in [1.82, 2.24) is 0 Å². The predicted molar refractivity (Wildman–Crippen MR) is 80.4 cm³/mol. The van der Waals surface area contributed by atoms with E-state index in [0.717, 1.165) is 6.21 Å².